The first-order chi connectivity index (χ1) is 15.5. The summed E-state index contributed by atoms with van der Waals surface area (Å²) in [5.41, 5.74) is 1.38. The molecule has 2 aromatic carbocycles. The third kappa shape index (κ3) is 5.47. The largest absolute Gasteiger partial charge is 0.506 e. The van der Waals surface area contributed by atoms with E-state index in [9.17, 15) is 9.90 Å². The zero-order chi connectivity index (χ0) is 23.1. The summed E-state index contributed by atoms with van der Waals surface area (Å²) in [5, 5.41) is 11.6. The number of hydrogen-bond donors (Lipinski definition) is 1. The monoisotopic (exact) mass is 473 g/mol. The molecule has 0 spiro atoms. The van der Waals surface area contributed by atoms with Crippen LogP contribution in [0.2, 0.25) is 5.02 Å². The molecule has 0 radical (unpaired) electrons. The van der Waals surface area contributed by atoms with E-state index in [1.54, 1.807) is 25.1 Å². The number of carbonyl (C=O) groups is 1. The van der Waals surface area contributed by atoms with Crippen LogP contribution in [0.5, 0.6) is 11.5 Å². The standard InChI is InChI=1S/C24H24ClNO5S/c1-4-29-18-13-15(12-17(25)22(18)30-5-2)14-19-21(27)20(24(28)31-6-3)23(32-19)26-16-10-8-7-9-11-16/h7-14,27H,4-6H2,1-3H3/b19-14-,26-23?. The molecule has 0 atom stereocenters. The van der Waals surface area contributed by atoms with Crippen molar-refractivity contribution in [3.05, 3.63) is 69.3 Å². The van der Waals surface area contributed by atoms with Crippen molar-refractivity contribution in [2.45, 2.75) is 20.8 Å². The van der Waals surface area contributed by atoms with Crippen LogP contribution in [-0.4, -0.2) is 35.9 Å². The number of carbonyl (C=O) groups excluding carboxylic acids is 1. The SMILES string of the molecule is CCOC(=O)C1=C(O)/C(=C/c2cc(Cl)c(OCC)c(OCC)c2)SC1=Nc1ccccc1. The fourth-order valence-electron chi connectivity index (χ4n) is 2.98. The van der Waals surface area contributed by atoms with Gasteiger partial charge in [0.05, 0.1) is 35.4 Å². The number of aliphatic hydroxyl groups is 1. The van der Waals surface area contributed by atoms with Gasteiger partial charge in [0, 0.05) is 0 Å². The van der Waals surface area contributed by atoms with Gasteiger partial charge in [0.1, 0.15) is 16.4 Å². The minimum atomic E-state index is -0.629. The highest BCUT2D eigenvalue weighted by Crippen LogP contribution is 2.42. The number of nitrogens with zero attached hydrogens (tertiary/aromatic N) is 1. The zero-order valence-electron chi connectivity index (χ0n) is 18.1. The highest BCUT2D eigenvalue weighted by atomic mass is 35.5. The molecule has 0 aromatic heterocycles. The number of halogens is 1. The third-order valence-electron chi connectivity index (χ3n) is 4.28. The smallest absolute Gasteiger partial charge is 0.344 e. The fourth-order valence-corrected chi connectivity index (χ4v) is 4.29. The van der Waals surface area contributed by atoms with Crippen LogP contribution in [0.25, 0.3) is 6.08 Å². The molecule has 0 saturated carbocycles. The number of esters is 1. The van der Waals surface area contributed by atoms with Gasteiger partial charge in [-0.05, 0) is 56.7 Å². The minimum Gasteiger partial charge on any atom is -0.506 e. The predicted molar refractivity (Wildman–Crippen MR) is 129 cm³/mol. The molecule has 3 rings (SSSR count). The second-order valence-electron chi connectivity index (χ2n) is 6.50. The predicted octanol–water partition coefficient (Wildman–Crippen LogP) is 6.33. The van der Waals surface area contributed by atoms with Crippen LogP contribution in [-0.2, 0) is 9.53 Å². The van der Waals surface area contributed by atoms with Crippen LogP contribution >= 0.6 is 23.4 Å². The molecule has 0 aliphatic carbocycles. The van der Waals surface area contributed by atoms with E-state index < -0.39 is 5.97 Å². The van der Waals surface area contributed by atoms with Crippen molar-refractivity contribution < 1.29 is 24.1 Å². The van der Waals surface area contributed by atoms with Crippen molar-refractivity contribution in [3.63, 3.8) is 0 Å². The van der Waals surface area contributed by atoms with Gasteiger partial charge >= 0.3 is 5.97 Å². The lowest BCUT2D eigenvalue weighted by molar-refractivity contribution is -0.138. The van der Waals surface area contributed by atoms with Gasteiger partial charge in [0.25, 0.3) is 0 Å². The Labute approximate surface area is 196 Å². The molecule has 1 N–H and O–H groups in total. The molecule has 1 aliphatic heterocycles. The van der Waals surface area contributed by atoms with E-state index in [4.69, 9.17) is 25.8 Å². The van der Waals surface area contributed by atoms with Crippen LogP contribution in [0.1, 0.15) is 26.3 Å². The van der Waals surface area contributed by atoms with Crippen molar-refractivity contribution >= 4 is 46.1 Å². The van der Waals surface area contributed by atoms with E-state index in [0.717, 1.165) is 0 Å². The lowest BCUT2D eigenvalue weighted by atomic mass is 10.1. The number of aliphatic hydroxyl groups excluding tert-OH is 1. The first kappa shape index (κ1) is 23.8. The Morgan fingerprint density at radius 3 is 2.47 bits per heavy atom. The van der Waals surface area contributed by atoms with Crippen LogP contribution in [0.15, 0.2) is 63.7 Å². The molecule has 0 bridgehead atoms. The van der Waals surface area contributed by atoms with E-state index in [2.05, 4.69) is 4.99 Å². The summed E-state index contributed by atoms with van der Waals surface area (Å²) in [7, 11) is 0. The van der Waals surface area contributed by atoms with Crippen LogP contribution in [0.4, 0.5) is 5.69 Å². The highest BCUT2D eigenvalue weighted by molar-refractivity contribution is 8.18. The van der Waals surface area contributed by atoms with Crippen LogP contribution < -0.4 is 9.47 Å². The minimum absolute atomic E-state index is 0.0361. The molecule has 0 amide bonds. The fraction of sp³-hybridized carbons (Fsp3) is 0.250. The maximum atomic E-state index is 12.5. The Hall–Kier alpha value is -2.90. The lowest BCUT2D eigenvalue weighted by Gasteiger charge is -2.13. The van der Waals surface area contributed by atoms with Gasteiger partial charge in [-0.1, -0.05) is 41.6 Å². The number of aliphatic imine (C=N–C) groups is 1. The summed E-state index contributed by atoms with van der Waals surface area (Å²) >= 11 is 7.60. The van der Waals surface area contributed by atoms with E-state index in [-0.39, 0.29) is 17.9 Å². The van der Waals surface area contributed by atoms with Crippen molar-refractivity contribution in [2.24, 2.45) is 4.99 Å². The number of rotatable bonds is 8. The summed E-state index contributed by atoms with van der Waals surface area (Å²) in [6.07, 6.45) is 1.72. The Morgan fingerprint density at radius 1 is 1.09 bits per heavy atom. The topological polar surface area (TPSA) is 77.4 Å². The second kappa shape index (κ2) is 11.1. The summed E-state index contributed by atoms with van der Waals surface area (Å²) in [4.78, 5) is 17.5. The molecule has 32 heavy (non-hydrogen) atoms. The van der Waals surface area contributed by atoms with Gasteiger partial charge in [-0.15, -0.1) is 0 Å². The molecule has 2 aromatic rings. The molecule has 6 nitrogen and oxygen atoms in total. The van der Waals surface area contributed by atoms with Crippen LogP contribution in [0.3, 0.4) is 0 Å². The number of ether oxygens (including phenoxy) is 3. The summed E-state index contributed by atoms with van der Waals surface area (Å²) in [6.45, 7) is 6.52. The van der Waals surface area contributed by atoms with Crippen molar-refractivity contribution in [3.8, 4) is 11.5 Å². The Bertz CT molecular complexity index is 1080. The average molecular weight is 474 g/mol. The van der Waals surface area contributed by atoms with Gasteiger partial charge in [-0.2, -0.15) is 0 Å². The summed E-state index contributed by atoms with van der Waals surface area (Å²) in [5.74, 6) is 0.154. The first-order valence-electron chi connectivity index (χ1n) is 10.2. The van der Waals surface area contributed by atoms with Gasteiger partial charge < -0.3 is 19.3 Å². The van der Waals surface area contributed by atoms with Gasteiger partial charge in [-0.3, -0.25) is 0 Å². The van der Waals surface area contributed by atoms with Crippen LogP contribution in [0, 0.1) is 0 Å². The average Bonchev–Trinajstić information content (AvgIpc) is 3.06. The van der Waals surface area contributed by atoms with Gasteiger partial charge in [0.2, 0.25) is 0 Å². The van der Waals surface area contributed by atoms with Gasteiger partial charge in [0.15, 0.2) is 11.5 Å². The summed E-state index contributed by atoms with van der Waals surface area (Å²) < 4.78 is 16.4. The highest BCUT2D eigenvalue weighted by Gasteiger charge is 2.33. The lowest BCUT2D eigenvalue weighted by Crippen LogP contribution is -2.12. The van der Waals surface area contributed by atoms with E-state index in [0.29, 0.717) is 50.9 Å². The van der Waals surface area contributed by atoms with E-state index in [1.807, 2.05) is 44.2 Å². The van der Waals surface area contributed by atoms with Gasteiger partial charge in [-0.25, -0.2) is 9.79 Å². The molecule has 0 fully saturated rings. The zero-order valence-corrected chi connectivity index (χ0v) is 19.6. The number of benzene rings is 2. The molecule has 0 unspecified atom stereocenters. The molecular formula is C24H24ClNO5S. The molecule has 1 aliphatic rings. The number of hydrogen-bond acceptors (Lipinski definition) is 7. The summed E-state index contributed by atoms with van der Waals surface area (Å²) in [6, 6.07) is 12.7. The maximum absolute atomic E-state index is 12.5. The normalized spacial score (nSPS) is 16.0. The van der Waals surface area contributed by atoms with Crippen molar-refractivity contribution in [2.75, 3.05) is 19.8 Å². The molecule has 8 heteroatoms. The Morgan fingerprint density at radius 2 is 1.81 bits per heavy atom. The van der Waals surface area contributed by atoms with E-state index in [1.165, 1.54) is 11.8 Å². The molecule has 168 valence electrons. The Kier molecular flexibility index (Phi) is 8.25. The third-order valence-corrected chi connectivity index (χ3v) is 5.58. The number of thioether (sulfide) groups is 1. The first-order valence-corrected chi connectivity index (χ1v) is 11.4. The molecule has 1 heterocycles. The number of para-hydroxylation sites is 1. The van der Waals surface area contributed by atoms with Crippen molar-refractivity contribution in [1.29, 1.82) is 0 Å². The Balaban J connectivity index is 2.05. The van der Waals surface area contributed by atoms with E-state index >= 15 is 0 Å². The quantitative estimate of drug-likeness (QED) is 0.451. The molecular weight excluding hydrogens is 450 g/mol. The second-order valence-corrected chi connectivity index (χ2v) is 7.94. The maximum Gasteiger partial charge on any atom is 0.344 e. The molecule has 0 saturated heterocycles. The van der Waals surface area contributed by atoms with Crippen molar-refractivity contribution in [1.82, 2.24) is 0 Å².